The van der Waals surface area contributed by atoms with Crippen molar-refractivity contribution in [3.8, 4) is 0 Å². The van der Waals surface area contributed by atoms with Crippen molar-refractivity contribution < 1.29 is 9.47 Å². The fraction of sp³-hybridized carbons (Fsp3) is 1.00. The van der Waals surface area contributed by atoms with Crippen molar-refractivity contribution in [2.45, 2.75) is 38.4 Å². The third kappa shape index (κ3) is 0.774. The third-order valence-corrected chi connectivity index (χ3v) is 4.78. The fourth-order valence-electron chi connectivity index (χ4n) is 3.74. The van der Waals surface area contributed by atoms with Crippen molar-refractivity contribution in [1.29, 1.82) is 0 Å². The highest BCUT2D eigenvalue weighted by molar-refractivity contribution is 5.22. The molecule has 4 fully saturated rings. The molecule has 1 aliphatic heterocycles. The van der Waals surface area contributed by atoms with E-state index in [1.165, 1.54) is 12.8 Å². The summed E-state index contributed by atoms with van der Waals surface area (Å²) < 4.78 is 11.2. The van der Waals surface area contributed by atoms with E-state index in [1.54, 1.807) is 7.11 Å². The Morgan fingerprint density at radius 2 is 2.15 bits per heavy atom. The molecular weight excluding hydrogens is 164 g/mol. The highest BCUT2D eigenvalue weighted by Crippen LogP contribution is 2.70. The molecule has 0 aromatic carbocycles. The zero-order chi connectivity index (χ0) is 9.27. The second-order valence-electron chi connectivity index (χ2n) is 5.54. The van der Waals surface area contributed by atoms with Crippen molar-refractivity contribution in [3.63, 3.8) is 0 Å². The van der Waals surface area contributed by atoms with Crippen LogP contribution in [0.25, 0.3) is 0 Å². The fourth-order valence-corrected chi connectivity index (χ4v) is 3.74. The molecule has 3 saturated carbocycles. The van der Waals surface area contributed by atoms with Gasteiger partial charge in [-0.15, -0.1) is 0 Å². The Labute approximate surface area is 79.6 Å². The van der Waals surface area contributed by atoms with E-state index in [1.807, 2.05) is 0 Å². The largest absolute Gasteiger partial charge is 0.382 e. The molecule has 4 aliphatic rings. The van der Waals surface area contributed by atoms with Gasteiger partial charge < -0.3 is 9.47 Å². The summed E-state index contributed by atoms with van der Waals surface area (Å²) in [6.07, 6.45) is 3.17. The van der Waals surface area contributed by atoms with Gasteiger partial charge in [0.2, 0.25) is 0 Å². The molecule has 2 heteroatoms. The lowest BCUT2D eigenvalue weighted by Crippen LogP contribution is -2.58. The first-order valence-electron chi connectivity index (χ1n) is 5.28. The molecule has 0 amide bonds. The van der Waals surface area contributed by atoms with Crippen LogP contribution in [-0.2, 0) is 9.47 Å². The van der Waals surface area contributed by atoms with Crippen LogP contribution in [0.4, 0.5) is 0 Å². The Hall–Kier alpha value is -0.0800. The maximum absolute atomic E-state index is 5.87. The second kappa shape index (κ2) is 2.12. The zero-order valence-corrected chi connectivity index (χ0v) is 8.67. The molecule has 74 valence electrons. The number of ether oxygens (including phenoxy) is 2. The van der Waals surface area contributed by atoms with Gasteiger partial charge in [-0.3, -0.25) is 0 Å². The standard InChI is InChI=1S/C11H18O2/c1-10(2)7-4-8(10)11(6-12-3)9(5-7)13-11/h7-9H,4-6H2,1-3H3/t7?,8-,9?,11-/m1/s1. The monoisotopic (exact) mass is 182 g/mol. The van der Waals surface area contributed by atoms with Crippen LogP contribution >= 0.6 is 0 Å². The molecule has 4 atom stereocenters. The van der Waals surface area contributed by atoms with Gasteiger partial charge in [0.15, 0.2) is 0 Å². The second-order valence-corrected chi connectivity index (χ2v) is 5.54. The molecule has 0 aromatic heterocycles. The number of epoxide rings is 1. The van der Waals surface area contributed by atoms with Gasteiger partial charge in [0.25, 0.3) is 0 Å². The lowest BCUT2D eigenvalue weighted by molar-refractivity contribution is -0.101. The quantitative estimate of drug-likeness (QED) is 0.608. The number of hydrogen-bond acceptors (Lipinski definition) is 2. The van der Waals surface area contributed by atoms with Crippen LogP contribution in [-0.4, -0.2) is 25.4 Å². The smallest absolute Gasteiger partial charge is 0.121 e. The molecule has 0 radical (unpaired) electrons. The van der Waals surface area contributed by atoms with Gasteiger partial charge in [-0.25, -0.2) is 0 Å². The maximum atomic E-state index is 5.87. The van der Waals surface area contributed by atoms with E-state index < -0.39 is 0 Å². The minimum absolute atomic E-state index is 0.132. The normalized spacial score (nSPS) is 55.2. The molecule has 0 N–H and O–H groups in total. The lowest BCUT2D eigenvalue weighted by Gasteiger charge is -2.57. The molecule has 2 bridgehead atoms. The van der Waals surface area contributed by atoms with E-state index in [-0.39, 0.29) is 5.60 Å². The summed E-state index contributed by atoms with van der Waals surface area (Å²) in [6, 6.07) is 0. The highest BCUT2D eigenvalue weighted by atomic mass is 16.6. The predicted molar refractivity (Wildman–Crippen MR) is 49.5 cm³/mol. The van der Waals surface area contributed by atoms with Crippen molar-refractivity contribution >= 4 is 0 Å². The highest BCUT2D eigenvalue weighted by Gasteiger charge is 2.74. The minimum Gasteiger partial charge on any atom is -0.382 e. The molecule has 2 nitrogen and oxygen atoms in total. The Kier molecular flexibility index (Phi) is 1.34. The summed E-state index contributed by atoms with van der Waals surface area (Å²) in [4.78, 5) is 0. The number of methoxy groups -OCH3 is 1. The van der Waals surface area contributed by atoms with Crippen LogP contribution in [0.3, 0.4) is 0 Å². The summed E-state index contributed by atoms with van der Waals surface area (Å²) in [7, 11) is 1.78. The van der Waals surface area contributed by atoms with E-state index in [2.05, 4.69) is 13.8 Å². The van der Waals surface area contributed by atoms with Crippen LogP contribution in [0.5, 0.6) is 0 Å². The van der Waals surface area contributed by atoms with Gasteiger partial charge >= 0.3 is 0 Å². The van der Waals surface area contributed by atoms with E-state index in [0.29, 0.717) is 11.5 Å². The van der Waals surface area contributed by atoms with E-state index in [9.17, 15) is 0 Å². The zero-order valence-electron chi connectivity index (χ0n) is 8.67. The molecule has 0 spiro atoms. The van der Waals surface area contributed by atoms with E-state index >= 15 is 0 Å². The third-order valence-electron chi connectivity index (χ3n) is 4.78. The topological polar surface area (TPSA) is 21.8 Å². The van der Waals surface area contributed by atoms with Gasteiger partial charge in [0.05, 0.1) is 12.7 Å². The van der Waals surface area contributed by atoms with Crippen LogP contribution in [0, 0.1) is 17.3 Å². The summed E-state index contributed by atoms with van der Waals surface area (Å²) in [5.74, 6) is 1.67. The predicted octanol–water partition coefficient (Wildman–Crippen LogP) is 1.84. The van der Waals surface area contributed by atoms with Crippen LogP contribution in [0.15, 0.2) is 0 Å². The number of hydrogen-bond donors (Lipinski definition) is 0. The first-order valence-corrected chi connectivity index (χ1v) is 5.28. The first-order chi connectivity index (χ1) is 6.11. The average Bonchev–Trinajstić information content (AvgIpc) is 2.77. The van der Waals surface area contributed by atoms with Crippen LogP contribution < -0.4 is 0 Å². The molecule has 1 heterocycles. The minimum atomic E-state index is 0.132. The maximum Gasteiger partial charge on any atom is 0.121 e. The summed E-state index contributed by atoms with van der Waals surface area (Å²) in [5, 5.41) is 0. The molecule has 1 saturated heterocycles. The van der Waals surface area contributed by atoms with Crippen molar-refractivity contribution in [1.82, 2.24) is 0 Å². The van der Waals surface area contributed by atoms with Crippen LogP contribution in [0.2, 0.25) is 0 Å². The SMILES string of the molecule is COC[C@]12OC1CC1C[C@@H]2C1(C)C. The van der Waals surface area contributed by atoms with Gasteiger partial charge in [0, 0.05) is 7.11 Å². The van der Waals surface area contributed by atoms with Gasteiger partial charge in [-0.1, -0.05) is 13.8 Å². The molecular formula is C11H18O2. The Balaban J connectivity index is 1.86. The summed E-state index contributed by atoms with van der Waals surface area (Å²) in [5.41, 5.74) is 0.637. The van der Waals surface area contributed by atoms with Crippen molar-refractivity contribution in [3.05, 3.63) is 0 Å². The summed E-state index contributed by atoms with van der Waals surface area (Å²) in [6.45, 7) is 5.58. The average molecular weight is 182 g/mol. The Morgan fingerprint density at radius 1 is 1.38 bits per heavy atom. The Morgan fingerprint density at radius 3 is 2.77 bits per heavy atom. The van der Waals surface area contributed by atoms with Gasteiger partial charge in [-0.2, -0.15) is 0 Å². The molecule has 0 aromatic rings. The van der Waals surface area contributed by atoms with E-state index in [4.69, 9.17) is 9.47 Å². The summed E-state index contributed by atoms with van der Waals surface area (Å²) >= 11 is 0. The van der Waals surface area contributed by atoms with Crippen LogP contribution in [0.1, 0.15) is 26.7 Å². The molecule has 2 unspecified atom stereocenters. The molecule has 3 aliphatic carbocycles. The Bertz CT molecular complexity index is 248. The van der Waals surface area contributed by atoms with Crippen molar-refractivity contribution in [2.75, 3.05) is 13.7 Å². The van der Waals surface area contributed by atoms with Gasteiger partial charge in [0.1, 0.15) is 5.60 Å². The van der Waals surface area contributed by atoms with Crippen molar-refractivity contribution in [2.24, 2.45) is 17.3 Å². The lowest BCUT2D eigenvalue weighted by atomic mass is 9.45. The van der Waals surface area contributed by atoms with E-state index in [0.717, 1.165) is 18.4 Å². The first kappa shape index (κ1) is 8.25. The molecule has 13 heavy (non-hydrogen) atoms. The van der Waals surface area contributed by atoms with Gasteiger partial charge in [-0.05, 0) is 30.1 Å². The molecule has 4 rings (SSSR count). The number of rotatable bonds is 2.